The second-order valence-corrected chi connectivity index (χ2v) is 12.3. The lowest BCUT2D eigenvalue weighted by Gasteiger charge is -2.22. The van der Waals surface area contributed by atoms with E-state index >= 15 is 0 Å². The van der Waals surface area contributed by atoms with Crippen LogP contribution in [0, 0.1) is 0 Å². The van der Waals surface area contributed by atoms with Crippen molar-refractivity contribution < 1.29 is 9.47 Å². The molecule has 1 aliphatic heterocycles. The normalized spacial score (nSPS) is 12.0. The van der Waals surface area contributed by atoms with Crippen LogP contribution in [0.3, 0.4) is 0 Å². The van der Waals surface area contributed by atoms with E-state index < -0.39 is 0 Å². The Morgan fingerprint density at radius 3 is 1.76 bits per heavy atom. The van der Waals surface area contributed by atoms with Crippen molar-refractivity contribution in [1.82, 2.24) is 14.5 Å². The van der Waals surface area contributed by atoms with E-state index in [1.165, 1.54) is 0 Å². The minimum absolute atomic E-state index is 0.680. The molecule has 5 nitrogen and oxygen atoms in total. The fourth-order valence-corrected chi connectivity index (χ4v) is 6.87. The van der Waals surface area contributed by atoms with Gasteiger partial charge in [-0.2, -0.15) is 0 Å². The summed E-state index contributed by atoms with van der Waals surface area (Å²) in [7, 11) is 0. The second kappa shape index (κ2) is 10.9. The van der Waals surface area contributed by atoms with Crippen LogP contribution in [-0.2, 0) is 0 Å². The van der Waals surface area contributed by atoms with Gasteiger partial charge in [-0.15, -0.1) is 0 Å². The lowest BCUT2D eigenvalue weighted by molar-refractivity contribution is 0.360. The van der Waals surface area contributed by atoms with Crippen LogP contribution in [0.1, 0.15) is 0 Å². The fraction of sp³-hybridized carbons (Fsp3) is 0. The van der Waals surface area contributed by atoms with E-state index in [0.717, 1.165) is 72.1 Å². The van der Waals surface area contributed by atoms with Crippen LogP contribution >= 0.6 is 0 Å². The number of hydrogen-bond donors (Lipinski definition) is 0. The maximum atomic E-state index is 6.44. The topological polar surface area (TPSA) is 49.2 Å². The molecule has 230 valence electrons. The minimum atomic E-state index is 0.680. The summed E-state index contributed by atoms with van der Waals surface area (Å²) in [5.74, 6) is 4.31. The van der Waals surface area contributed by atoms with Gasteiger partial charge >= 0.3 is 0 Å². The number of fused-ring (bicyclic) bond motifs is 6. The molecule has 0 spiro atoms. The maximum absolute atomic E-state index is 6.44. The van der Waals surface area contributed by atoms with Gasteiger partial charge in [-0.05, 0) is 58.3 Å². The molecule has 0 bridgehead atoms. The molecule has 0 unspecified atom stereocenters. The molecule has 9 aromatic rings. The number of ether oxygens (including phenoxy) is 2. The molecule has 1 aliphatic rings. The molecule has 0 atom stereocenters. The van der Waals surface area contributed by atoms with E-state index in [-0.39, 0.29) is 0 Å². The van der Waals surface area contributed by atoms with Gasteiger partial charge < -0.3 is 9.47 Å². The maximum Gasteiger partial charge on any atom is 0.170 e. The summed E-state index contributed by atoms with van der Waals surface area (Å²) in [6.07, 6.45) is 0. The zero-order chi connectivity index (χ0) is 32.3. The zero-order valence-electron chi connectivity index (χ0n) is 26.2. The highest BCUT2D eigenvalue weighted by molar-refractivity contribution is 6.10. The van der Waals surface area contributed by atoms with E-state index in [2.05, 4.69) is 102 Å². The molecule has 0 saturated carbocycles. The molecule has 5 heteroatoms. The predicted octanol–water partition coefficient (Wildman–Crippen LogP) is 11.6. The minimum Gasteiger partial charge on any atom is -0.449 e. The third-order valence-electron chi connectivity index (χ3n) is 9.25. The molecule has 10 rings (SSSR count). The Balaban J connectivity index is 1.13. The first kappa shape index (κ1) is 27.4. The number of para-hydroxylation sites is 1. The molecule has 0 radical (unpaired) electrons. The van der Waals surface area contributed by atoms with Gasteiger partial charge in [0.1, 0.15) is 5.82 Å². The average Bonchev–Trinajstić information content (AvgIpc) is 3.50. The molecule has 2 aromatic heterocycles. The highest BCUT2D eigenvalue weighted by atomic mass is 16.6. The van der Waals surface area contributed by atoms with Crippen molar-refractivity contribution in [1.29, 1.82) is 0 Å². The number of benzene rings is 7. The molecule has 7 aromatic carbocycles. The molecular weight excluding hydrogens is 603 g/mol. The molecule has 3 heterocycles. The monoisotopic (exact) mass is 629 g/mol. The number of aromatic nitrogens is 3. The highest BCUT2D eigenvalue weighted by Gasteiger charge is 2.21. The number of rotatable bonds is 4. The fourth-order valence-electron chi connectivity index (χ4n) is 6.87. The van der Waals surface area contributed by atoms with Crippen molar-refractivity contribution in [2.75, 3.05) is 0 Å². The Morgan fingerprint density at radius 2 is 0.980 bits per heavy atom. The summed E-state index contributed by atoms with van der Waals surface area (Å²) >= 11 is 0. The molecule has 0 amide bonds. The van der Waals surface area contributed by atoms with Crippen LogP contribution in [-0.4, -0.2) is 14.5 Å². The van der Waals surface area contributed by atoms with Gasteiger partial charge in [0.05, 0.1) is 16.7 Å². The third kappa shape index (κ3) is 4.63. The van der Waals surface area contributed by atoms with Crippen LogP contribution < -0.4 is 9.47 Å². The molecule has 0 saturated heterocycles. The number of nitrogens with zero attached hydrogens (tertiary/aromatic N) is 3. The summed E-state index contributed by atoms with van der Waals surface area (Å²) in [6.45, 7) is 0. The summed E-state index contributed by atoms with van der Waals surface area (Å²) in [4.78, 5) is 10.2. The van der Waals surface area contributed by atoms with Crippen molar-refractivity contribution in [3.8, 4) is 62.6 Å². The quantitative estimate of drug-likeness (QED) is 0.194. The second-order valence-electron chi connectivity index (χ2n) is 12.3. The SMILES string of the molecule is c1ccc(-c2cc(-n3c4ccccc4c4ccc(-c5ccc6c(c5)Oc5cc7ccccc7cc5O6)cc43)nc(-c3ccccc3)n2)cc1. The third-order valence-corrected chi connectivity index (χ3v) is 9.25. The molecule has 0 aliphatic carbocycles. The lowest BCUT2D eigenvalue weighted by Crippen LogP contribution is -2.02. The van der Waals surface area contributed by atoms with Crippen LogP contribution in [0.5, 0.6) is 23.0 Å². The molecule has 49 heavy (non-hydrogen) atoms. The first-order chi connectivity index (χ1) is 24.2. The van der Waals surface area contributed by atoms with E-state index in [1.807, 2.05) is 66.7 Å². The Morgan fingerprint density at radius 1 is 0.388 bits per heavy atom. The van der Waals surface area contributed by atoms with E-state index in [1.54, 1.807) is 0 Å². The largest absolute Gasteiger partial charge is 0.449 e. The van der Waals surface area contributed by atoms with Gasteiger partial charge in [0.2, 0.25) is 0 Å². The summed E-state index contributed by atoms with van der Waals surface area (Å²) in [5, 5.41) is 4.54. The lowest BCUT2D eigenvalue weighted by atomic mass is 10.0. The summed E-state index contributed by atoms with van der Waals surface area (Å²) in [5.41, 5.74) is 7.10. The van der Waals surface area contributed by atoms with Gasteiger partial charge in [-0.3, -0.25) is 4.57 Å². The first-order valence-corrected chi connectivity index (χ1v) is 16.3. The standard InChI is InChI=1S/C44H27N3O2/c1-3-11-28(12-4-1)36-27-43(46-44(45-36)29-13-5-2-6-14-29)47-37-18-10-9-17-34(37)35-21-19-32(23-38(35)47)33-20-22-39-40(26-33)49-42-25-31-16-8-7-15-30(31)24-41(42)48-39/h1-27H. The van der Waals surface area contributed by atoms with Crippen LogP contribution in [0.15, 0.2) is 164 Å². The Bertz CT molecular complexity index is 2660. The zero-order valence-corrected chi connectivity index (χ0v) is 26.2. The Labute approximate surface area is 282 Å². The van der Waals surface area contributed by atoms with Crippen molar-refractivity contribution in [3.05, 3.63) is 164 Å². The van der Waals surface area contributed by atoms with Gasteiger partial charge in [0, 0.05) is 28.0 Å². The van der Waals surface area contributed by atoms with E-state index in [0.29, 0.717) is 23.1 Å². The number of hydrogen-bond acceptors (Lipinski definition) is 4. The first-order valence-electron chi connectivity index (χ1n) is 16.3. The predicted molar refractivity (Wildman–Crippen MR) is 197 cm³/mol. The molecular formula is C44H27N3O2. The van der Waals surface area contributed by atoms with Crippen LogP contribution in [0.4, 0.5) is 0 Å². The van der Waals surface area contributed by atoms with Crippen molar-refractivity contribution in [3.63, 3.8) is 0 Å². The van der Waals surface area contributed by atoms with E-state index in [9.17, 15) is 0 Å². The van der Waals surface area contributed by atoms with Gasteiger partial charge in [0.25, 0.3) is 0 Å². The van der Waals surface area contributed by atoms with Gasteiger partial charge in [-0.1, -0.05) is 121 Å². The summed E-state index contributed by atoms with van der Waals surface area (Å²) in [6, 6.07) is 56.1. The van der Waals surface area contributed by atoms with Crippen molar-refractivity contribution in [2.24, 2.45) is 0 Å². The van der Waals surface area contributed by atoms with Gasteiger partial charge in [-0.25, -0.2) is 9.97 Å². The van der Waals surface area contributed by atoms with Crippen LogP contribution in [0.2, 0.25) is 0 Å². The average molecular weight is 630 g/mol. The molecule has 0 N–H and O–H groups in total. The Hall–Kier alpha value is -6.72. The van der Waals surface area contributed by atoms with E-state index in [4.69, 9.17) is 19.4 Å². The molecule has 0 fully saturated rings. The highest BCUT2D eigenvalue weighted by Crippen LogP contribution is 2.48. The summed E-state index contributed by atoms with van der Waals surface area (Å²) < 4.78 is 15.0. The smallest absolute Gasteiger partial charge is 0.170 e. The van der Waals surface area contributed by atoms with Crippen LogP contribution in [0.25, 0.3) is 72.2 Å². The van der Waals surface area contributed by atoms with Gasteiger partial charge in [0.15, 0.2) is 28.8 Å². The Kier molecular flexibility index (Phi) is 6.11. The van der Waals surface area contributed by atoms with Crippen molar-refractivity contribution in [2.45, 2.75) is 0 Å². The van der Waals surface area contributed by atoms with Crippen molar-refractivity contribution >= 4 is 32.6 Å².